The van der Waals surface area contributed by atoms with Crippen LogP contribution in [0.3, 0.4) is 0 Å². The normalized spacial score (nSPS) is 10.9. The highest BCUT2D eigenvalue weighted by atomic mass is 16.4. The van der Waals surface area contributed by atoms with Crippen LogP contribution < -0.4 is 5.73 Å². The highest BCUT2D eigenvalue weighted by molar-refractivity contribution is 5.93. The Kier molecular flexibility index (Phi) is 5.41. The molecule has 0 aliphatic rings. The number of aryl methyl sites for hydroxylation is 2. The Labute approximate surface area is 179 Å². The van der Waals surface area contributed by atoms with Gasteiger partial charge in [0, 0.05) is 29.3 Å². The van der Waals surface area contributed by atoms with Crippen molar-refractivity contribution in [2.45, 2.75) is 19.8 Å². The minimum Gasteiger partial charge on any atom is -0.481 e. The fourth-order valence-corrected chi connectivity index (χ4v) is 3.68. The molecule has 7 nitrogen and oxygen atoms in total. The first-order chi connectivity index (χ1) is 14.9. The van der Waals surface area contributed by atoms with Gasteiger partial charge in [0.05, 0.1) is 17.8 Å². The average molecular weight is 414 g/mol. The van der Waals surface area contributed by atoms with E-state index in [2.05, 4.69) is 5.10 Å². The summed E-state index contributed by atoms with van der Waals surface area (Å²) in [5, 5.41) is 13.4. The van der Waals surface area contributed by atoms with E-state index < -0.39 is 11.9 Å². The maximum Gasteiger partial charge on any atom is 0.303 e. The molecule has 4 rings (SSSR count). The van der Waals surface area contributed by atoms with Crippen molar-refractivity contribution in [3.05, 3.63) is 89.9 Å². The summed E-state index contributed by atoms with van der Waals surface area (Å²) >= 11 is 0. The first kappa shape index (κ1) is 20.2. The van der Waals surface area contributed by atoms with Crippen LogP contribution in [-0.2, 0) is 11.2 Å². The van der Waals surface area contributed by atoms with Gasteiger partial charge in [-0.15, -0.1) is 0 Å². The Hall–Kier alpha value is -4.13. The zero-order chi connectivity index (χ0) is 22.0. The summed E-state index contributed by atoms with van der Waals surface area (Å²) in [6, 6.07) is 19.1. The maximum absolute atomic E-state index is 11.6. The second kappa shape index (κ2) is 8.31. The topological polar surface area (TPSA) is 103 Å². The number of carbonyl (C=O) groups is 2. The Bertz CT molecular complexity index is 1240. The third-order valence-electron chi connectivity index (χ3n) is 5.21. The number of aliphatic carboxylic acids is 1. The third-order valence-corrected chi connectivity index (χ3v) is 5.21. The molecule has 4 aromatic rings. The first-order valence-corrected chi connectivity index (χ1v) is 9.88. The fourth-order valence-electron chi connectivity index (χ4n) is 3.68. The monoisotopic (exact) mass is 414 g/mol. The summed E-state index contributed by atoms with van der Waals surface area (Å²) < 4.78 is 3.83. The molecule has 1 amide bonds. The van der Waals surface area contributed by atoms with Crippen molar-refractivity contribution in [3.63, 3.8) is 0 Å². The number of hydrogen-bond acceptors (Lipinski definition) is 3. The predicted molar refractivity (Wildman–Crippen MR) is 118 cm³/mol. The first-order valence-electron chi connectivity index (χ1n) is 9.88. The molecule has 0 bridgehead atoms. The molecule has 0 unspecified atom stereocenters. The van der Waals surface area contributed by atoms with Crippen molar-refractivity contribution in [3.8, 4) is 22.6 Å². The van der Waals surface area contributed by atoms with Gasteiger partial charge < -0.3 is 15.4 Å². The largest absolute Gasteiger partial charge is 0.481 e. The molecule has 2 heterocycles. The van der Waals surface area contributed by atoms with Crippen molar-refractivity contribution in [1.29, 1.82) is 0 Å². The van der Waals surface area contributed by atoms with Crippen LogP contribution in [0.5, 0.6) is 0 Å². The standard InChI is InChI=1S/C24H22N4O3/c1-16-15-18(24(25)31)5-10-21(16)28-20(9-12-23(29)30)8-11-22(28)17-3-6-19(7-4-17)27-14-2-13-26-27/h2-8,10-11,13-15H,9,12H2,1H3,(H2,25,31)(H,29,30). The molecule has 0 saturated heterocycles. The lowest BCUT2D eigenvalue weighted by Crippen LogP contribution is -2.12. The lowest BCUT2D eigenvalue weighted by Gasteiger charge is -2.17. The van der Waals surface area contributed by atoms with E-state index >= 15 is 0 Å². The van der Waals surface area contributed by atoms with Crippen molar-refractivity contribution in [2.24, 2.45) is 5.73 Å². The molecule has 0 atom stereocenters. The molecule has 2 aromatic heterocycles. The van der Waals surface area contributed by atoms with Gasteiger partial charge in [-0.3, -0.25) is 9.59 Å². The SMILES string of the molecule is Cc1cc(C(N)=O)ccc1-n1c(CCC(=O)O)ccc1-c1ccc(-n2cccn2)cc1. The number of carboxylic acids is 1. The Morgan fingerprint density at radius 3 is 2.45 bits per heavy atom. The summed E-state index contributed by atoms with van der Waals surface area (Å²) in [5.41, 5.74) is 11.3. The quantitative estimate of drug-likeness (QED) is 0.481. The minimum absolute atomic E-state index is 0.0279. The Balaban J connectivity index is 1.80. The second-order valence-corrected chi connectivity index (χ2v) is 7.30. The number of nitrogens with zero attached hydrogens (tertiary/aromatic N) is 3. The smallest absolute Gasteiger partial charge is 0.303 e. The van der Waals surface area contributed by atoms with E-state index in [0.29, 0.717) is 12.0 Å². The van der Waals surface area contributed by atoms with Crippen LogP contribution in [0.25, 0.3) is 22.6 Å². The molecule has 31 heavy (non-hydrogen) atoms. The van der Waals surface area contributed by atoms with Crippen LogP contribution in [0.1, 0.15) is 28.0 Å². The van der Waals surface area contributed by atoms with E-state index in [1.165, 1.54) is 0 Å². The van der Waals surface area contributed by atoms with Gasteiger partial charge in [-0.2, -0.15) is 5.10 Å². The number of primary amides is 1. The van der Waals surface area contributed by atoms with Crippen LogP contribution in [0.2, 0.25) is 0 Å². The van der Waals surface area contributed by atoms with Crippen molar-refractivity contribution in [2.75, 3.05) is 0 Å². The molecule has 0 aliphatic carbocycles. The van der Waals surface area contributed by atoms with Gasteiger partial charge in [-0.1, -0.05) is 12.1 Å². The van der Waals surface area contributed by atoms with Gasteiger partial charge in [-0.25, -0.2) is 4.68 Å². The molecule has 0 spiro atoms. The van der Waals surface area contributed by atoms with Crippen LogP contribution in [0.15, 0.2) is 73.1 Å². The van der Waals surface area contributed by atoms with Gasteiger partial charge in [0.2, 0.25) is 5.91 Å². The molecule has 0 aliphatic heterocycles. The van der Waals surface area contributed by atoms with E-state index in [-0.39, 0.29) is 6.42 Å². The van der Waals surface area contributed by atoms with Crippen LogP contribution >= 0.6 is 0 Å². The van der Waals surface area contributed by atoms with E-state index in [4.69, 9.17) is 10.8 Å². The molecule has 2 aromatic carbocycles. The minimum atomic E-state index is -0.848. The van der Waals surface area contributed by atoms with Crippen LogP contribution in [-0.4, -0.2) is 31.3 Å². The van der Waals surface area contributed by atoms with E-state index in [9.17, 15) is 9.59 Å². The van der Waals surface area contributed by atoms with Crippen LogP contribution in [0, 0.1) is 6.92 Å². The summed E-state index contributed by atoms with van der Waals surface area (Å²) in [7, 11) is 0. The number of hydrogen-bond donors (Lipinski definition) is 2. The lowest BCUT2D eigenvalue weighted by molar-refractivity contribution is -0.136. The van der Waals surface area contributed by atoms with Crippen molar-refractivity contribution >= 4 is 11.9 Å². The van der Waals surface area contributed by atoms with Gasteiger partial charge >= 0.3 is 5.97 Å². The summed E-state index contributed by atoms with van der Waals surface area (Å²) in [6.07, 6.45) is 4.02. The Morgan fingerprint density at radius 2 is 1.84 bits per heavy atom. The number of amides is 1. The van der Waals surface area contributed by atoms with Crippen molar-refractivity contribution in [1.82, 2.24) is 14.3 Å². The molecule has 0 radical (unpaired) electrons. The van der Waals surface area contributed by atoms with E-state index in [1.807, 2.05) is 66.2 Å². The molecule has 0 fully saturated rings. The maximum atomic E-state index is 11.6. The molecule has 7 heteroatoms. The number of benzene rings is 2. The number of aromatic nitrogens is 3. The van der Waals surface area contributed by atoms with Crippen molar-refractivity contribution < 1.29 is 14.7 Å². The molecular formula is C24H22N4O3. The zero-order valence-corrected chi connectivity index (χ0v) is 17.0. The van der Waals surface area contributed by atoms with Gasteiger partial charge in [0.1, 0.15) is 0 Å². The summed E-state index contributed by atoms with van der Waals surface area (Å²) in [6.45, 7) is 1.91. The van der Waals surface area contributed by atoms with E-state index in [0.717, 1.165) is 33.9 Å². The average Bonchev–Trinajstić information content (AvgIpc) is 3.42. The third kappa shape index (κ3) is 4.11. The number of nitrogens with two attached hydrogens (primary N) is 1. The van der Waals surface area contributed by atoms with Gasteiger partial charge in [-0.05, 0) is 73.0 Å². The molecule has 0 saturated carbocycles. The summed E-state index contributed by atoms with van der Waals surface area (Å²) in [4.78, 5) is 22.7. The van der Waals surface area contributed by atoms with Crippen LogP contribution in [0.4, 0.5) is 0 Å². The predicted octanol–water partition coefficient (Wildman–Crippen LogP) is 3.75. The Morgan fingerprint density at radius 1 is 1.06 bits per heavy atom. The number of rotatable bonds is 7. The molecule has 3 N–H and O–H groups in total. The van der Waals surface area contributed by atoms with Gasteiger partial charge in [0.25, 0.3) is 0 Å². The fraction of sp³-hybridized carbons (Fsp3) is 0.125. The lowest BCUT2D eigenvalue weighted by atomic mass is 10.1. The van der Waals surface area contributed by atoms with E-state index in [1.54, 1.807) is 23.0 Å². The van der Waals surface area contributed by atoms with Gasteiger partial charge in [0.15, 0.2) is 0 Å². The number of carbonyl (C=O) groups excluding carboxylic acids is 1. The second-order valence-electron chi connectivity index (χ2n) is 7.30. The highest BCUT2D eigenvalue weighted by Gasteiger charge is 2.16. The molecule has 156 valence electrons. The zero-order valence-electron chi connectivity index (χ0n) is 17.0. The number of carboxylic acid groups (broad SMARTS) is 1. The summed E-state index contributed by atoms with van der Waals surface area (Å²) in [5.74, 6) is -1.33. The highest BCUT2D eigenvalue weighted by Crippen LogP contribution is 2.30. The molecular weight excluding hydrogens is 392 g/mol.